The standard InChI is InChI=1S/C20H25ClN2O3/c1-14(10-15-6-8-18(9-7-15)26-13-20(22)25)23(2)12-19(24)16-4-3-5-17(21)11-16/h3-9,11,14,19,24H,10,12-13H2,1-2H3,(H2,22,25)/t14?,19-/m1/s1. The second kappa shape index (κ2) is 9.57. The molecule has 3 N–H and O–H groups in total. The highest BCUT2D eigenvalue weighted by Crippen LogP contribution is 2.20. The van der Waals surface area contributed by atoms with Crippen LogP contribution < -0.4 is 10.5 Å². The second-order valence-corrected chi connectivity index (χ2v) is 6.90. The molecule has 0 radical (unpaired) electrons. The molecular formula is C20H25ClN2O3. The lowest BCUT2D eigenvalue weighted by Crippen LogP contribution is -2.34. The van der Waals surface area contributed by atoms with Gasteiger partial charge in [-0.25, -0.2) is 0 Å². The number of ether oxygens (including phenoxy) is 1. The molecule has 2 atom stereocenters. The van der Waals surface area contributed by atoms with Crippen LogP contribution in [-0.2, 0) is 11.2 Å². The van der Waals surface area contributed by atoms with E-state index in [-0.39, 0.29) is 12.6 Å². The molecule has 2 aromatic carbocycles. The van der Waals surface area contributed by atoms with Gasteiger partial charge in [-0.15, -0.1) is 0 Å². The molecule has 0 aliphatic rings. The van der Waals surface area contributed by atoms with Gasteiger partial charge in [0.1, 0.15) is 5.75 Å². The molecule has 26 heavy (non-hydrogen) atoms. The number of carbonyl (C=O) groups excluding carboxylic acids is 1. The summed E-state index contributed by atoms with van der Waals surface area (Å²) in [6.45, 7) is 2.50. The molecule has 0 saturated carbocycles. The van der Waals surface area contributed by atoms with Crippen molar-refractivity contribution < 1.29 is 14.6 Å². The summed E-state index contributed by atoms with van der Waals surface area (Å²) in [4.78, 5) is 12.8. The van der Waals surface area contributed by atoms with Crippen molar-refractivity contribution in [3.05, 3.63) is 64.7 Å². The average Bonchev–Trinajstić information content (AvgIpc) is 2.61. The van der Waals surface area contributed by atoms with E-state index in [0.717, 1.165) is 17.5 Å². The summed E-state index contributed by atoms with van der Waals surface area (Å²) in [5, 5.41) is 11.0. The van der Waals surface area contributed by atoms with Crippen molar-refractivity contribution >= 4 is 17.5 Å². The Kier molecular flexibility index (Phi) is 7.45. The highest BCUT2D eigenvalue weighted by Gasteiger charge is 2.16. The molecule has 0 aliphatic heterocycles. The SMILES string of the molecule is CC(Cc1ccc(OCC(N)=O)cc1)N(C)C[C@@H](O)c1cccc(Cl)c1. The van der Waals surface area contributed by atoms with Gasteiger partial charge in [-0.1, -0.05) is 35.9 Å². The lowest BCUT2D eigenvalue weighted by molar-refractivity contribution is -0.119. The Hall–Kier alpha value is -2.08. The topological polar surface area (TPSA) is 75.8 Å². The number of nitrogens with two attached hydrogens (primary N) is 1. The lowest BCUT2D eigenvalue weighted by atomic mass is 10.0. The van der Waals surface area contributed by atoms with Crippen molar-refractivity contribution in [2.75, 3.05) is 20.2 Å². The highest BCUT2D eigenvalue weighted by molar-refractivity contribution is 6.30. The Balaban J connectivity index is 1.88. The number of primary amides is 1. The average molecular weight is 377 g/mol. The van der Waals surface area contributed by atoms with Gasteiger partial charge in [0.15, 0.2) is 6.61 Å². The van der Waals surface area contributed by atoms with Crippen LogP contribution >= 0.6 is 11.6 Å². The summed E-state index contributed by atoms with van der Waals surface area (Å²) >= 11 is 5.99. The number of benzene rings is 2. The summed E-state index contributed by atoms with van der Waals surface area (Å²) in [6, 6.07) is 15.1. The van der Waals surface area contributed by atoms with Crippen molar-refractivity contribution in [3.63, 3.8) is 0 Å². The first-order chi connectivity index (χ1) is 12.3. The third kappa shape index (κ3) is 6.33. The molecule has 5 nitrogen and oxygen atoms in total. The molecule has 0 fully saturated rings. The van der Waals surface area contributed by atoms with Crippen molar-refractivity contribution in [1.82, 2.24) is 4.90 Å². The number of aliphatic hydroxyl groups excluding tert-OH is 1. The zero-order valence-electron chi connectivity index (χ0n) is 15.1. The first-order valence-electron chi connectivity index (χ1n) is 8.49. The van der Waals surface area contributed by atoms with Gasteiger partial charge >= 0.3 is 0 Å². The maximum Gasteiger partial charge on any atom is 0.255 e. The van der Waals surface area contributed by atoms with Crippen LogP contribution in [-0.4, -0.2) is 42.2 Å². The molecule has 1 unspecified atom stereocenters. The van der Waals surface area contributed by atoms with Gasteiger partial charge in [0.05, 0.1) is 6.10 Å². The first kappa shape index (κ1) is 20.2. The molecule has 1 amide bonds. The van der Waals surface area contributed by atoms with Crippen LogP contribution in [0, 0.1) is 0 Å². The molecule has 0 spiro atoms. The predicted octanol–water partition coefficient (Wildman–Crippen LogP) is 2.80. The Morgan fingerprint density at radius 3 is 2.58 bits per heavy atom. The van der Waals surface area contributed by atoms with Crippen molar-refractivity contribution in [2.45, 2.75) is 25.5 Å². The lowest BCUT2D eigenvalue weighted by Gasteiger charge is -2.27. The van der Waals surface area contributed by atoms with Crippen molar-refractivity contribution in [2.24, 2.45) is 5.73 Å². The van der Waals surface area contributed by atoms with E-state index in [1.165, 1.54) is 0 Å². The monoisotopic (exact) mass is 376 g/mol. The Bertz CT molecular complexity index is 721. The van der Waals surface area contributed by atoms with Crippen LogP contribution in [0.1, 0.15) is 24.2 Å². The van der Waals surface area contributed by atoms with E-state index in [1.807, 2.05) is 43.4 Å². The molecule has 2 rings (SSSR count). The fraction of sp³-hybridized carbons (Fsp3) is 0.350. The summed E-state index contributed by atoms with van der Waals surface area (Å²) in [7, 11) is 1.99. The van der Waals surface area contributed by atoms with E-state index in [2.05, 4.69) is 11.8 Å². The molecule has 140 valence electrons. The number of carbonyl (C=O) groups is 1. The number of likely N-dealkylation sites (N-methyl/N-ethyl adjacent to an activating group) is 1. The third-order valence-electron chi connectivity index (χ3n) is 4.28. The zero-order valence-corrected chi connectivity index (χ0v) is 15.8. The third-order valence-corrected chi connectivity index (χ3v) is 4.52. The molecule has 0 bridgehead atoms. The minimum atomic E-state index is -0.592. The highest BCUT2D eigenvalue weighted by atomic mass is 35.5. The Morgan fingerprint density at radius 2 is 1.96 bits per heavy atom. The first-order valence-corrected chi connectivity index (χ1v) is 8.86. The summed E-state index contributed by atoms with van der Waals surface area (Å²) in [6.07, 6.45) is 0.236. The normalized spacial score (nSPS) is 13.4. The van der Waals surface area contributed by atoms with Crippen LogP contribution in [0.3, 0.4) is 0 Å². The number of hydrogen-bond acceptors (Lipinski definition) is 4. The van der Waals surface area contributed by atoms with Crippen LogP contribution in [0.5, 0.6) is 5.75 Å². The van der Waals surface area contributed by atoms with E-state index in [1.54, 1.807) is 12.1 Å². The number of nitrogens with zero attached hydrogens (tertiary/aromatic N) is 1. The maximum atomic E-state index is 10.7. The van der Waals surface area contributed by atoms with Gasteiger partial charge in [0, 0.05) is 17.6 Å². The zero-order chi connectivity index (χ0) is 19.1. The van der Waals surface area contributed by atoms with Crippen LogP contribution in [0.4, 0.5) is 0 Å². The summed E-state index contributed by atoms with van der Waals surface area (Å²) in [5.41, 5.74) is 7.02. The van der Waals surface area contributed by atoms with E-state index >= 15 is 0 Å². The number of amides is 1. The molecule has 0 heterocycles. The number of rotatable bonds is 9. The van der Waals surface area contributed by atoms with Gasteiger partial charge < -0.3 is 20.5 Å². The van der Waals surface area contributed by atoms with Gasteiger partial charge in [0.2, 0.25) is 0 Å². The molecule has 0 aliphatic carbocycles. The van der Waals surface area contributed by atoms with Gasteiger partial charge in [-0.2, -0.15) is 0 Å². The summed E-state index contributed by atoms with van der Waals surface area (Å²) in [5.74, 6) is 0.118. The Labute approximate surface area is 159 Å². The van der Waals surface area contributed by atoms with E-state index in [4.69, 9.17) is 22.1 Å². The van der Waals surface area contributed by atoms with Gasteiger partial charge in [0.25, 0.3) is 5.91 Å². The van der Waals surface area contributed by atoms with Crippen molar-refractivity contribution in [3.8, 4) is 5.75 Å². The van der Waals surface area contributed by atoms with Crippen LogP contribution in [0.2, 0.25) is 5.02 Å². The molecule has 0 saturated heterocycles. The number of aliphatic hydroxyl groups is 1. The van der Waals surface area contributed by atoms with E-state index < -0.39 is 12.0 Å². The number of halogens is 1. The van der Waals surface area contributed by atoms with Crippen molar-refractivity contribution in [1.29, 1.82) is 0 Å². The fourth-order valence-electron chi connectivity index (χ4n) is 2.65. The van der Waals surface area contributed by atoms with E-state index in [0.29, 0.717) is 17.3 Å². The minimum Gasteiger partial charge on any atom is -0.484 e. The second-order valence-electron chi connectivity index (χ2n) is 6.46. The molecule has 2 aromatic rings. The largest absolute Gasteiger partial charge is 0.484 e. The maximum absolute atomic E-state index is 10.7. The molecular weight excluding hydrogens is 352 g/mol. The predicted molar refractivity (Wildman–Crippen MR) is 103 cm³/mol. The molecule has 6 heteroatoms. The summed E-state index contributed by atoms with van der Waals surface area (Å²) < 4.78 is 5.26. The smallest absolute Gasteiger partial charge is 0.255 e. The molecule has 0 aromatic heterocycles. The van der Waals surface area contributed by atoms with Crippen LogP contribution in [0.15, 0.2) is 48.5 Å². The number of hydrogen-bond donors (Lipinski definition) is 2. The van der Waals surface area contributed by atoms with Gasteiger partial charge in [-0.05, 0) is 55.8 Å². The fourth-order valence-corrected chi connectivity index (χ4v) is 2.84. The minimum absolute atomic E-state index is 0.125. The van der Waals surface area contributed by atoms with Crippen LogP contribution in [0.25, 0.3) is 0 Å². The van der Waals surface area contributed by atoms with E-state index in [9.17, 15) is 9.90 Å². The quantitative estimate of drug-likeness (QED) is 0.705. The Morgan fingerprint density at radius 1 is 1.27 bits per heavy atom. The van der Waals surface area contributed by atoms with Gasteiger partial charge in [-0.3, -0.25) is 4.79 Å².